The van der Waals surface area contributed by atoms with Gasteiger partial charge in [0.05, 0.1) is 40.1 Å². The molecule has 5 rings (SSSR count). The van der Waals surface area contributed by atoms with Gasteiger partial charge in [-0.3, -0.25) is 0 Å². The summed E-state index contributed by atoms with van der Waals surface area (Å²) in [5.74, 6) is 0.367. The number of unbranched alkanes of at least 4 members (excludes halogenated alkanes) is 2. The molecule has 1 atom stereocenters. The van der Waals surface area contributed by atoms with Crippen molar-refractivity contribution < 1.29 is 57.4 Å². The zero-order valence-electron chi connectivity index (χ0n) is 35.5. The topological polar surface area (TPSA) is 153 Å². The molecule has 0 heterocycles. The number of carbonyl (C=O) groups excluding carboxylic acids is 4. The maximum atomic E-state index is 12.9. The van der Waals surface area contributed by atoms with Crippen molar-refractivity contribution in [2.45, 2.75) is 59.0 Å². The Kier molecular flexibility index (Phi) is 16.8. The molecule has 0 spiro atoms. The highest BCUT2D eigenvalue weighted by Crippen LogP contribution is 2.47. The molecule has 1 aliphatic carbocycles. The Labute approximate surface area is 362 Å². The second-order valence-electron chi connectivity index (χ2n) is 14.6. The number of hydrogen-bond donors (Lipinski definition) is 1. The minimum atomic E-state index is -0.566. The Bertz CT molecular complexity index is 2190. The normalized spacial score (nSPS) is 12.6. The van der Waals surface area contributed by atoms with Gasteiger partial charge in [-0.1, -0.05) is 44.3 Å². The van der Waals surface area contributed by atoms with Gasteiger partial charge in [0, 0.05) is 34.8 Å². The zero-order valence-corrected chi connectivity index (χ0v) is 35.5. The molecule has 1 unspecified atom stereocenters. The summed E-state index contributed by atoms with van der Waals surface area (Å²) in [6.07, 6.45) is 8.50. The molecule has 0 aromatic heterocycles. The highest BCUT2D eigenvalue weighted by Gasteiger charge is 2.27. The number of methoxy groups -OCH3 is 1. The Hall–Kier alpha value is -6.92. The smallest absolute Gasteiger partial charge is 0.336 e. The number of carbonyl (C=O) groups is 4. The van der Waals surface area contributed by atoms with Crippen molar-refractivity contribution in [1.82, 2.24) is 0 Å². The Morgan fingerprint density at radius 1 is 0.613 bits per heavy atom. The third kappa shape index (κ3) is 13.0. The first-order valence-electron chi connectivity index (χ1n) is 20.3. The maximum Gasteiger partial charge on any atom is 0.336 e. The molecule has 4 aromatic carbocycles. The van der Waals surface area contributed by atoms with Crippen molar-refractivity contribution in [3.63, 3.8) is 0 Å². The lowest BCUT2D eigenvalue weighted by Gasteiger charge is -2.11. The molecule has 12 heteroatoms. The predicted octanol–water partition coefficient (Wildman–Crippen LogP) is 9.11. The summed E-state index contributed by atoms with van der Waals surface area (Å²) >= 11 is 0. The minimum Gasteiger partial charge on any atom is -0.493 e. The van der Waals surface area contributed by atoms with Crippen LogP contribution in [0.15, 0.2) is 109 Å². The van der Waals surface area contributed by atoms with E-state index in [0.717, 1.165) is 22.3 Å². The number of esters is 4. The highest BCUT2D eigenvalue weighted by molar-refractivity contribution is 5.91. The van der Waals surface area contributed by atoms with Crippen LogP contribution < -0.4 is 23.7 Å². The number of aliphatic hydroxyl groups excluding tert-OH is 1. The summed E-state index contributed by atoms with van der Waals surface area (Å²) in [5.41, 5.74) is 6.62. The van der Waals surface area contributed by atoms with E-state index in [1.165, 1.54) is 19.3 Å². The van der Waals surface area contributed by atoms with Crippen molar-refractivity contribution in [3.05, 3.63) is 137 Å². The summed E-state index contributed by atoms with van der Waals surface area (Å²) in [7, 11) is 1.54. The van der Waals surface area contributed by atoms with E-state index in [1.807, 2.05) is 31.2 Å². The molecule has 0 saturated heterocycles. The fraction of sp³-hybridized carbons (Fsp3) is 0.280. The number of benzene rings is 4. The summed E-state index contributed by atoms with van der Waals surface area (Å²) < 4.78 is 38.7. The van der Waals surface area contributed by atoms with E-state index in [4.69, 9.17) is 33.2 Å². The van der Waals surface area contributed by atoms with Gasteiger partial charge in [-0.25, -0.2) is 19.2 Å². The summed E-state index contributed by atoms with van der Waals surface area (Å²) in [6, 6.07) is 21.6. The third-order valence-corrected chi connectivity index (χ3v) is 9.73. The molecule has 0 fully saturated rings. The maximum absolute atomic E-state index is 12.9. The number of ether oxygens (including phenoxy) is 7. The largest absolute Gasteiger partial charge is 0.493 e. The molecule has 1 aliphatic rings. The molecule has 4 aromatic rings. The van der Waals surface area contributed by atoms with E-state index in [0.29, 0.717) is 95.5 Å². The third-order valence-electron chi connectivity index (χ3n) is 9.73. The molecule has 1 N–H and O–H groups in total. The van der Waals surface area contributed by atoms with Crippen molar-refractivity contribution in [2.24, 2.45) is 0 Å². The monoisotopic (exact) mass is 844 g/mol. The van der Waals surface area contributed by atoms with Gasteiger partial charge in [-0.05, 0) is 134 Å². The number of fused-ring (bicyclic) bond motifs is 3. The van der Waals surface area contributed by atoms with Gasteiger partial charge in [-0.2, -0.15) is 0 Å². The molecule has 0 bridgehead atoms. The average Bonchev–Trinajstić information content (AvgIpc) is 3.54. The predicted molar refractivity (Wildman–Crippen MR) is 235 cm³/mol. The van der Waals surface area contributed by atoms with Gasteiger partial charge in [-0.15, -0.1) is 0 Å². The van der Waals surface area contributed by atoms with Crippen LogP contribution in [0, 0.1) is 0 Å². The zero-order chi connectivity index (χ0) is 44.6. The lowest BCUT2D eigenvalue weighted by molar-refractivity contribution is -0.139. The molecule has 324 valence electrons. The summed E-state index contributed by atoms with van der Waals surface area (Å²) in [6.45, 7) is 13.5. The molecular weight excluding hydrogens is 793 g/mol. The number of aliphatic hydroxyl groups is 1. The molecule has 62 heavy (non-hydrogen) atoms. The van der Waals surface area contributed by atoms with E-state index >= 15 is 0 Å². The van der Waals surface area contributed by atoms with Crippen LogP contribution in [0.3, 0.4) is 0 Å². The highest BCUT2D eigenvalue weighted by atomic mass is 16.5. The van der Waals surface area contributed by atoms with Gasteiger partial charge in [0.25, 0.3) is 0 Å². The Balaban J connectivity index is 1.10. The second-order valence-corrected chi connectivity index (χ2v) is 14.6. The van der Waals surface area contributed by atoms with Crippen LogP contribution in [0.4, 0.5) is 0 Å². The quantitative estimate of drug-likeness (QED) is 0.0348. The van der Waals surface area contributed by atoms with Crippen LogP contribution in [-0.4, -0.2) is 62.5 Å². The molecule has 0 aliphatic heterocycles. The molecule has 12 nitrogen and oxygen atoms in total. The number of rotatable bonds is 22. The summed E-state index contributed by atoms with van der Waals surface area (Å²) in [5, 5.41) is 9.92. The fourth-order valence-electron chi connectivity index (χ4n) is 6.44. The first kappa shape index (κ1) is 46.2. The molecule has 0 radical (unpaired) electrons. The van der Waals surface area contributed by atoms with Crippen molar-refractivity contribution >= 4 is 36.0 Å². The lowest BCUT2D eigenvalue weighted by atomic mass is 9.99. The van der Waals surface area contributed by atoms with Gasteiger partial charge in [0.2, 0.25) is 0 Å². The molecule has 0 amide bonds. The lowest BCUT2D eigenvalue weighted by Crippen LogP contribution is -2.08. The standard InChI is InChI=1S/C50H52O12/c1-32(2)49(54)59-25-9-7-23-57-44-19-11-35(27-37(44)31-51)13-21-47(52)61-38-15-17-40-41-18-16-39(30-43(41)34(5)42(40)29-38)62-48(53)22-14-36-12-20-45(46(28-36)56-6)58-24-8-10-26-60-50(55)33(3)4/h11-22,27-30,34,51H,1,3,7-10,23-26,31H2,2,4-6H3. The van der Waals surface area contributed by atoms with Crippen LogP contribution in [0.25, 0.3) is 23.3 Å². The Morgan fingerprint density at radius 3 is 1.56 bits per heavy atom. The number of hydrogen-bond acceptors (Lipinski definition) is 12. The molecule has 0 saturated carbocycles. The summed E-state index contributed by atoms with van der Waals surface area (Å²) in [4.78, 5) is 48.7. The fourth-order valence-corrected chi connectivity index (χ4v) is 6.44. The van der Waals surface area contributed by atoms with Crippen LogP contribution in [0.2, 0.25) is 0 Å². The van der Waals surface area contributed by atoms with Gasteiger partial charge >= 0.3 is 23.9 Å². The molecular formula is C50H52O12. The van der Waals surface area contributed by atoms with Gasteiger partial charge in [0.15, 0.2) is 11.5 Å². The van der Waals surface area contributed by atoms with E-state index in [2.05, 4.69) is 13.2 Å². The first-order chi connectivity index (χ1) is 29.9. The SMILES string of the molecule is C=C(C)C(=O)OCCCCOc1ccc(C=CC(=O)Oc2ccc3c(c2)C(C)c2cc(OC(=O)C=Cc4ccc(OCCCCOC(=O)C(=C)C)c(OC)c4)ccc2-3)cc1CO. The van der Waals surface area contributed by atoms with E-state index in [9.17, 15) is 24.3 Å². The van der Waals surface area contributed by atoms with Gasteiger partial charge in [0.1, 0.15) is 17.2 Å². The van der Waals surface area contributed by atoms with Crippen LogP contribution in [-0.2, 0) is 35.3 Å². The minimum absolute atomic E-state index is 0.0626. The van der Waals surface area contributed by atoms with Crippen LogP contribution in [0.1, 0.15) is 80.2 Å². The van der Waals surface area contributed by atoms with Crippen LogP contribution >= 0.6 is 0 Å². The van der Waals surface area contributed by atoms with Crippen molar-refractivity contribution in [2.75, 3.05) is 33.5 Å². The van der Waals surface area contributed by atoms with E-state index in [1.54, 1.807) is 74.5 Å². The first-order valence-corrected chi connectivity index (χ1v) is 20.3. The van der Waals surface area contributed by atoms with Crippen molar-refractivity contribution in [3.8, 4) is 39.9 Å². The second kappa shape index (κ2) is 22.6. The van der Waals surface area contributed by atoms with Crippen LogP contribution in [0.5, 0.6) is 28.7 Å². The van der Waals surface area contributed by atoms with Crippen molar-refractivity contribution in [1.29, 1.82) is 0 Å². The average molecular weight is 845 g/mol. The Morgan fingerprint density at radius 2 is 1.08 bits per heavy atom. The van der Waals surface area contributed by atoms with E-state index in [-0.39, 0.29) is 25.7 Å². The van der Waals surface area contributed by atoms with Gasteiger partial charge < -0.3 is 38.3 Å². The van der Waals surface area contributed by atoms with E-state index < -0.39 is 23.9 Å².